The standard InChI is InChI=1S/C20H25NO2/c1-4-21(5-2)14-20(22)18-10-12-19(13-11-18)23-15-17-8-6-16(3)7-9-17/h6-13H,4-5,14-15H2,1-3H3. The van der Waals surface area contributed by atoms with Crippen molar-refractivity contribution in [3.8, 4) is 5.75 Å². The van der Waals surface area contributed by atoms with Crippen LogP contribution in [0.4, 0.5) is 0 Å². The normalized spacial score (nSPS) is 10.8. The smallest absolute Gasteiger partial charge is 0.176 e. The van der Waals surface area contributed by atoms with E-state index in [4.69, 9.17) is 4.74 Å². The number of carbonyl (C=O) groups excluding carboxylic acids is 1. The van der Waals surface area contributed by atoms with Crippen LogP contribution < -0.4 is 4.74 Å². The molecule has 0 N–H and O–H groups in total. The number of hydrogen-bond donors (Lipinski definition) is 0. The number of aryl methyl sites for hydroxylation is 1. The van der Waals surface area contributed by atoms with E-state index in [2.05, 4.69) is 49.9 Å². The van der Waals surface area contributed by atoms with Crippen LogP contribution in [-0.4, -0.2) is 30.3 Å². The molecule has 0 heterocycles. The van der Waals surface area contributed by atoms with Crippen molar-refractivity contribution in [1.29, 1.82) is 0 Å². The topological polar surface area (TPSA) is 29.5 Å². The number of Topliss-reactive ketones (excluding diaryl/α,β-unsaturated/α-hetero) is 1. The van der Waals surface area contributed by atoms with Crippen molar-refractivity contribution >= 4 is 5.78 Å². The van der Waals surface area contributed by atoms with Crippen molar-refractivity contribution in [2.24, 2.45) is 0 Å². The van der Waals surface area contributed by atoms with Gasteiger partial charge in [0.1, 0.15) is 12.4 Å². The summed E-state index contributed by atoms with van der Waals surface area (Å²) in [5.74, 6) is 0.934. The van der Waals surface area contributed by atoms with Crippen LogP contribution in [0.3, 0.4) is 0 Å². The molecule has 0 aliphatic rings. The first kappa shape index (κ1) is 17.2. The van der Waals surface area contributed by atoms with Crippen LogP contribution in [0, 0.1) is 6.92 Å². The zero-order valence-corrected chi connectivity index (χ0v) is 14.2. The fourth-order valence-corrected chi connectivity index (χ4v) is 2.33. The molecular weight excluding hydrogens is 286 g/mol. The van der Waals surface area contributed by atoms with Crippen LogP contribution in [-0.2, 0) is 6.61 Å². The van der Waals surface area contributed by atoms with Crippen molar-refractivity contribution in [3.05, 3.63) is 65.2 Å². The van der Waals surface area contributed by atoms with Gasteiger partial charge in [-0.25, -0.2) is 0 Å². The SMILES string of the molecule is CCN(CC)CC(=O)c1ccc(OCc2ccc(C)cc2)cc1. The maximum Gasteiger partial charge on any atom is 0.176 e. The summed E-state index contributed by atoms with van der Waals surface area (Å²) in [6, 6.07) is 15.7. The van der Waals surface area contributed by atoms with E-state index >= 15 is 0 Å². The quantitative estimate of drug-likeness (QED) is 0.687. The van der Waals surface area contributed by atoms with Gasteiger partial charge in [-0.1, -0.05) is 43.7 Å². The predicted molar refractivity (Wildman–Crippen MR) is 94.1 cm³/mol. The zero-order chi connectivity index (χ0) is 16.7. The van der Waals surface area contributed by atoms with Crippen molar-refractivity contribution < 1.29 is 9.53 Å². The van der Waals surface area contributed by atoms with Crippen LogP contribution in [0.5, 0.6) is 5.75 Å². The molecule has 0 atom stereocenters. The van der Waals surface area contributed by atoms with E-state index in [0.717, 1.165) is 30.0 Å². The molecule has 0 saturated carbocycles. The lowest BCUT2D eigenvalue weighted by Gasteiger charge is -2.16. The lowest BCUT2D eigenvalue weighted by molar-refractivity contribution is 0.0937. The highest BCUT2D eigenvalue weighted by atomic mass is 16.5. The second kappa shape index (κ2) is 8.49. The molecule has 0 aliphatic heterocycles. The Bertz CT molecular complexity index is 613. The number of likely N-dealkylation sites (N-methyl/N-ethyl adjacent to an activating group) is 1. The summed E-state index contributed by atoms with van der Waals surface area (Å²) in [7, 11) is 0. The van der Waals surface area contributed by atoms with Crippen molar-refractivity contribution in [3.63, 3.8) is 0 Å². The molecule has 0 bridgehead atoms. The molecule has 23 heavy (non-hydrogen) atoms. The monoisotopic (exact) mass is 311 g/mol. The van der Waals surface area contributed by atoms with Gasteiger partial charge in [0.05, 0.1) is 6.54 Å². The number of ether oxygens (including phenoxy) is 1. The number of benzene rings is 2. The first-order chi connectivity index (χ1) is 11.1. The van der Waals surface area contributed by atoms with E-state index in [1.165, 1.54) is 5.56 Å². The van der Waals surface area contributed by atoms with E-state index in [9.17, 15) is 4.79 Å². The molecule has 0 spiro atoms. The number of rotatable bonds is 8. The fourth-order valence-electron chi connectivity index (χ4n) is 2.33. The summed E-state index contributed by atoms with van der Waals surface area (Å²) in [5.41, 5.74) is 3.11. The molecule has 2 rings (SSSR count). The van der Waals surface area contributed by atoms with Gasteiger partial charge < -0.3 is 4.74 Å². The van der Waals surface area contributed by atoms with Gasteiger partial charge in [-0.05, 0) is 49.8 Å². The molecule has 122 valence electrons. The summed E-state index contributed by atoms with van der Waals surface area (Å²) in [5, 5.41) is 0. The molecule has 0 fully saturated rings. The number of nitrogens with zero attached hydrogens (tertiary/aromatic N) is 1. The Morgan fingerprint density at radius 1 is 0.957 bits per heavy atom. The summed E-state index contributed by atoms with van der Waals surface area (Å²) in [4.78, 5) is 14.3. The lowest BCUT2D eigenvalue weighted by Crippen LogP contribution is -2.29. The van der Waals surface area contributed by atoms with Gasteiger partial charge in [-0.15, -0.1) is 0 Å². The first-order valence-electron chi connectivity index (χ1n) is 8.16. The highest BCUT2D eigenvalue weighted by Gasteiger charge is 2.10. The van der Waals surface area contributed by atoms with Gasteiger partial charge in [-0.3, -0.25) is 9.69 Å². The van der Waals surface area contributed by atoms with E-state index in [0.29, 0.717) is 13.2 Å². The van der Waals surface area contributed by atoms with Gasteiger partial charge in [0.25, 0.3) is 0 Å². The van der Waals surface area contributed by atoms with E-state index in [-0.39, 0.29) is 5.78 Å². The molecule has 0 unspecified atom stereocenters. The molecule has 0 aromatic heterocycles. The third-order valence-electron chi connectivity index (χ3n) is 3.96. The molecule has 0 amide bonds. The number of hydrogen-bond acceptors (Lipinski definition) is 3. The maximum atomic E-state index is 12.2. The fraction of sp³-hybridized carbons (Fsp3) is 0.350. The Morgan fingerprint density at radius 2 is 1.57 bits per heavy atom. The van der Waals surface area contributed by atoms with Gasteiger partial charge >= 0.3 is 0 Å². The van der Waals surface area contributed by atoms with Crippen molar-refractivity contribution in [1.82, 2.24) is 4.90 Å². The second-order valence-corrected chi connectivity index (χ2v) is 5.68. The second-order valence-electron chi connectivity index (χ2n) is 5.68. The summed E-state index contributed by atoms with van der Waals surface area (Å²) >= 11 is 0. The molecule has 3 heteroatoms. The van der Waals surface area contributed by atoms with Crippen LogP contribution in [0.15, 0.2) is 48.5 Å². The molecule has 0 aliphatic carbocycles. The zero-order valence-electron chi connectivity index (χ0n) is 14.2. The number of carbonyl (C=O) groups is 1. The minimum Gasteiger partial charge on any atom is -0.489 e. The van der Waals surface area contributed by atoms with E-state index < -0.39 is 0 Å². The summed E-state index contributed by atoms with van der Waals surface area (Å²) in [6.07, 6.45) is 0. The van der Waals surface area contributed by atoms with Crippen LogP contribution >= 0.6 is 0 Å². The van der Waals surface area contributed by atoms with Gasteiger partial charge in [-0.2, -0.15) is 0 Å². The Morgan fingerprint density at radius 3 is 2.13 bits per heavy atom. The molecule has 2 aromatic carbocycles. The van der Waals surface area contributed by atoms with Gasteiger partial charge in [0.15, 0.2) is 5.78 Å². The molecular formula is C20H25NO2. The molecule has 0 saturated heterocycles. The van der Waals surface area contributed by atoms with E-state index in [1.807, 2.05) is 24.3 Å². The first-order valence-corrected chi connectivity index (χ1v) is 8.16. The van der Waals surface area contributed by atoms with Crippen LogP contribution in [0.1, 0.15) is 35.3 Å². The molecule has 0 radical (unpaired) electrons. The Kier molecular flexibility index (Phi) is 6.36. The Hall–Kier alpha value is -2.13. The highest BCUT2D eigenvalue weighted by molar-refractivity contribution is 5.97. The van der Waals surface area contributed by atoms with Crippen molar-refractivity contribution in [2.75, 3.05) is 19.6 Å². The third kappa shape index (κ3) is 5.22. The van der Waals surface area contributed by atoms with Gasteiger partial charge in [0.2, 0.25) is 0 Å². The van der Waals surface area contributed by atoms with Crippen molar-refractivity contribution in [2.45, 2.75) is 27.4 Å². The average molecular weight is 311 g/mol. The summed E-state index contributed by atoms with van der Waals surface area (Å²) in [6.45, 7) is 8.99. The van der Waals surface area contributed by atoms with Crippen LogP contribution in [0.25, 0.3) is 0 Å². The minimum absolute atomic E-state index is 0.152. The molecule has 3 nitrogen and oxygen atoms in total. The highest BCUT2D eigenvalue weighted by Crippen LogP contribution is 2.15. The average Bonchev–Trinajstić information content (AvgIpc) is 2.59. The van der Waals surface area contributed by atoms with Gasteiger partial charge in [0, 0.05) is 5.56 Å². The predicted octanol–water partition coefficient (Wildman–Crippen LogP) is 4.10. The Balaban J connectivity index is 1.91. The van der Waals surface area contributed by atoms with Crippen LogP contribution in [0.2, 0.25) is 0 Å². The minimum atomic E-state index is 0.152. The third-order valence-corrected chi connectivity index (χ3v) is 3.96. The lowest BCUT2D eigenvalue weighted by atomic mass is 10.1. The Labute approximate surface area is 138 Å². The maximum absolute atomic E-state index is 12.2. The number of ketones is 1. The van der Waals surface area contributed by atoms with E-state index in [1.54, 1.807) is 0 Å². The molecule has 2 aromatic rings. The summed E-state index contributed by atoms with van der Waals surface area (Å²) < 4.78 is 5.77. The largest absolute Gasteiger partial charge is 0.489 e.